The van der Waals surface area contributed by atoms with Crippen LogP contribution in [-0.2, 0) is 12.5 Å². The molecule has 242 valence electrons. The number of nitrogens with zero attached hydrogens (tertiary/aromatic N) is 2. The van der Waals surface area contributed by atoms with Crippen LogP contribution in [0.4, 0.5) is 21.5 Å². The van der Waals surface area contributed by atoms with Crippen molar-refractivity contribution in [3.8, 4) is 11.1 Å². The molecule has 0 unspecified atom stereocenters. The van der Waals surface area contributed by atoms with Gasteiger partial charge in [-0.05, 0) is 107 Å². The van der Waals surface area contributed by atoms with Crippen LogP contribution < -0.4 is 4.90 Å². The third-order valence-electron chi connectivity index (χ3n) is 12.4. The predicted molar refractivity (Wildman–Crippen MR) is 203 cm³/mol. The average molecular weight is 641 g/mol. The van der Waals surface area contributed by atoms with Crippen LogP contribution in [-0.4, -0.2) is 4.57 Å². The number of anilines is 3. The summed E-state index contributed by atoms with van der Waals surface area (Å²) in [6.45, 7) is 0. The van der Waals surface area contributed by atoms with E-state index in [1.807, 2.05) is 6.07 Å². The molecule has 0 aliphatic heterocycles. The second-order valence-corrected chi connectivity index (χ2v) is 14.9. The van der Waals surface area contributed by atoms with E-state index in [-0.39, 0.29) is 11.2 Å². The summed E-state index contributed by atoms with van der Waals surface area (Å²) in [6, 6.07) is 41.4. The van der Waals surface area contributed by atoms with Gasteiger partial charge in [0.2, 0.25) is 0 Å². The van der Waals surface area contributed by atoms with Crippen LogP contribution in [0.5, 0.6) is 0 Å². The van der Waals surface area contributed by atoms with Crippen LogP contribution in [0.25, 0.3) is 43.7 Å². The summed E-state index contributed by atoms with van der Waals surface area (Å²) in [6.07, 6.45) is 11.5. The summed E-state index contributed by atoms with van der Waals surface area (Å²) < 4.78 is 17.5. The first-order valence-corrected chi connectivity index (χ1v) is 18.4. The van der Waals surface area contributed by atoms with Crippen molar-refractivity contribution < 1.29 is 4.39 Å². The number of hydrogen-bond acceptors (Lipinski definition) is 1. The molecule has 0 atom stereocenters. The minimum Gasteiger partial charge on any atom is -0.344 e. The van der Waals surface area contributed by atoms with E-state index in [2.05, 4.69) is 114 Å². The largest absolute Gasteiger partial charge is 0.344 e. The van der Waals surface area contributed by atoms with Gasteiger partial charge in [-0.15, -0.1) is 0 Å². The van der Waals surface area contributed by atoms with Gasteiger partial charge in [-0.25, -0.2) is 4.39 Å². The van der Waals surface area contributed by atoms with Gasteiger partial charge in [0.05, 0.1) is 16.9 Å². The van der Waals surface area contributed by atoms with Gasteiger partial charge in [-0.3, -0.25) is 0 Å². The lowest BCUT2D eigenvalue weighted by molar-refractivity contribution is 0.442. The summed E-state index contributed by atoms with van der Waals surface area (Å²) >= 11 is 0. The van der Waals surface area contributed by atoms with Crippen molar-refractivity contribution in [3.63, 3.8) is 0 Å². The van der Waals surface area contributed by atoms with Crippen LogP contribution in [0.2, 0.25) is 0 Å². The molecule has 0 amide bonds. The molecule has 0 N–H and O–H groups in total. The van der Waals surface area contributed by atoms with Crippen molar-refractivity contribution in [3.05, 3.63) is 138 Å². The molecule has 6 aromatic carbocycles. The standard InChI is InChI=1S/C46H41FN2/c1-48-40-20-8-7-19-37(40)45-41(48)21-12-22-42(45)49(33-16-11-15-32(47)28-33)43-29-39-44(35-18-6-5-17-34(35)43)36-24-23-31(30-13-3-2-4-14-30)27-38(36)46(39)25-9-10-26-46/h5-8,11-12,15-24,27-30H,2-4,9-10,13-14,25-26H2,1H3. The zero-order valence-corrected chi connectivity index (χ0v) is 28.2. The lowest BCUT2D eigenvalue weighted by Gasteiger charge is -2.32. The molecule has 2 saturated carbocycles. The Morgan fingerprint density at radius 1 is 0.633 bits per heavy atom. The quantitative estimate of drug-likeness (QED) is 0.186. The van der Waals surface area contributed by atoms with E-state index in [0.29, 0.717) is 5.92 Å². The normalized spacial score (nSPS) is 16.9. The molecule has 2 fully saturated rings. The maximum absolute atomic E-state index is 15.2. The number of para-hydroxylation sites is 1. The Morgan fingerprint density at radius 2 is 1.37 bits per heavy atom. The summed E-state index contributed by atoms with van der Waals surface area (Å²) in [5, 5.41) is 4.87. The summed E-state index contributed by atoms with van der Waals surface area (Å²) in [7, 11) is 2.15. The fourth-order valence-corrected chi connectivity index (χ4v) is 10.1. The van der Waals surface area contributed by atoms with Gasteiger partial charge < -0.3 is 9.47 Å². The molecule has 0 radical (unpaired) electrons. The molecule has 1 aromatic heterocycles. The van der Waals surface area contributed by atoms with E-state index in [9.17, 15) is 0 Å². The van der Waals surface area contributed by atoms with E-state index in [4.69, 9.17) is 0 Å². The highest BCUT2D eigenvalue weighted by Gasteiger charge is 2.46. The number of aryl methyl sites for hydroxylation is 1. The van der Waals surface area contributed by atoms with Crippen LogP contribution in [0.3, 0.4) is 0 Å². The zero-order valence-electron chi connectivity index (χ0n) is 28.2. The van der Waals surface area contributed by atoms with E-state index in [0.717, 1.165) is 17.1 Å². The van der Waals surface area contributed by atoms with Gasteiger partial charge in [0.1, 0.15) is 5.82 Å². The highest BCUT2D eigenvalue weighted by Crippen LogP contribution is 2.61. The molecule has 10 rings (SSSR count). The van der Waals surface area contributed by atoms with Gasteiger partial charge in [-0.2, -0.15) is 0 Å². The Kier molecular flexibility index (Phi) is 6.56. The van der Waals surface area contributed by atoms with Crippen LogP contribution >= 0.6 is 0 Å². The fourth-order valence-electron chi connectivity index (χ4n) is 10.1. The number of benzene rings is 6. The molecular formula is C46H41FN2. The van der Waals surface area contributed by atoms with Gasteiger partial charge in [-0.1, -0.05) is 105 Å². The number of aromatic nitrogens is 1. The molecule has 1 heterocycles. The minimum absolute atomic E-state index is 0.00713. The Labute approximate surface area is 287 Å². The molecule has 2 nitrogen and oxygen atoms in total. The van der Waals surface area contributed by atoms with E-state index < -0.39 is 0 Å². The maximum atomic E-state index is 15.2. The fraction of sp³-hybridized carbons (Fsp3) is 0.261. The smallest absolute Gasteiger partial charge is 0.125 e. The topological polar surface area (TPSA) is 8.17 Å². The van der Waals surface area contributed by atoms with E-state index in [1.165, 1.54) is 107 Å². The highest BCUT2D eigenvalue weighted by atomic mass is 19.1. The van der Waals surface area contributed by atoms with Gasteiger partial charge >= 0.3 is 0 Å². The molecule has 0 bridgehead atoms. The third-order valence-corrected chi connectivity index (χ3v) is 12.4. The highest BCUT2D eigenvalue weighted by molar-refractivity contribution is 6.17. The first-order valence-electron chi connectivity index (χ1n) is 18.4. The lowest BCUT2D eigenvalue weighted by atomic mass is 9.74. The molecule has 49 heavy (non-hydrogen) atoms. The van der Waals surface area contributed by atoms with Crippen LogP contribution in [0.1, 0.15) is 80.4 Å². The Hall–Kier alpha value is -4.89. The van der Waals surface area contributed by atoms with E-state index >= 15 is 4.39 Å². The van der Waals surface area contributed by atoms with Crippen LogP contribution in [0.15, 0.2) is 115 Å². The number of halogens is 1. The number of rotatable bonds is 4. The summed E-state index contributed by atoms with van der Waals surface area (Å²) in [5.41, 5.74) is 12.8. The van der Waals surface area contributed by atoms with Gasteiger partial charge in [0, 0.05) is 39.8 Å². The minimum atomic E-state index is -0.229. The molecule has 0 saturated heterocycles. The van der Waals surface area contributed by atoms with Crippen LogP contribution in [0, 0.1) is 5.82 Å². The average Bonchev–Trinajstić information content (AvgIpc) is 3.83. The van der Waals surface area contributed by atoms with Crippen molar-refractivity contribution in [2.24, 2.45) is 7.05 Å². The molecule has 7 aromatic rings. The first-order chi connectivity index (χ1) is 24.1. The molecule has 3 aliphatic carbocycles. The second-order valence-electron chi connectivity index (χ2n) is 14.9. The van der Waals surface area contributed by atoms with Gasteiger partial charge in [0.15, 0.2) is 0 Å². The lowest BCUT2D eigenvalue weighted by Crippen LogP contribution is -2.22. The Balaban J connectivity index is 1.28. The van der Waals surface area contributed by atoms with Crippen molar-refractivity contribution in [2.75, 3.05) is 4.90 Å². The SMILES string of the molecule is Cn1c2ccccc2c2c(N(c3cccc(F)c3)c3cc4c(c5ccccc35)-c3ccc(C5CCCCC5)cc3C43CCCC3)cccc21. The second kappa shape index (κ2) is 11.1. The first kappa shape index (κ1) is 29.1. The third kappa shape index (κ3) is 4.24. The maximum Gasteiger partial charge on any atom is 0.125 e. The molecule has 1 spiro atoms. The summed E-state index contributed by atoms with van der Waals surface area (Å²) in [5.74, 6) is 0.450. The molecule has 3 aliphatic rings. The van der Waals surface area contributed by atoms with Crippen molar-refractivity contribution >= 4 is 49.6 Å². The number of hydrogen-bond donors (Lipinski definition) is 0. The van der Waals surface area contributed by atoms with Gasteiger partial charge in [0.25, 0.3) is 0 Å². The number of fused-ring (bicyclic) bond motifs is 10. The predicted octanol–water partition coefficient (Wildman–Crippen LogP) is 13.0. The Bertz CT molecular complexity index is 2420. The van der Waals surface area contributed by atoms with E-state index in [1.54, 1.807) is 23.3 Å². The van der Waals surface area contributed by atoms with Crippen molar-refractivity contribution in [1.29, 1.82) is 0 Å². The van der Waals surface area contributed by atoms with Crippen molar-refractivity contribution in [2.45, 2.75) is 69.1 Å². The summed E-state index contributed by atoms with van der Waals surface area (Å²) in [4.78, 5) is 2.35. The molecular weight excluding hydrogens is 600 g/mol. The Morgan fingerprint density at radius 3 is 2.18 bits per heavy atom. The monoisotopic (exact) mass is 640 g/mol. The molecule has 3 heteroatoms. The zero-order chi connectivity index (χ0) is 32.7. The van der Waals surface area contributed by atoms with Crippen molar-refractivity contribution in [1.82, 2.24) is 4.57 Å².